The molecule has 0 aliphatic rings. The lowest BCUT2D eigenvalue weighted by atomic mass is 10.2. The van der Waals surface area contributed by atoms with Gasteiger partial charge in [0.1, 0.15) is 6.61 Å². The molecule has 13 heavy (non-hydrogen) atoms. The summed E-state index contributed by atoms with van der Waals surface area (Å²) < 4.78 is 2.37. The van der Waals surface area contributed by atoms with Crippen LogP contribution in [0.2, 0.25) is 0 Å². The fourth-order valence-corrected chi connectivity index (χ4v) is 2.85. The van der Waals surface area contributed by atoms with Crippen LogP contribution in [-0.4, -0.2) is 0 Å². The van der Waals surface area contributed by atoms with E-state index in [1.165, 1.54) is 10.1 Å². The van der Waals surface area contributed by atoms with Crippen molar-refractivity contribution in [2.24, 2.45) is 5.90 Å². The molecule has 1 aromatic heterocycles. The van der Waals surface area contributed by atoms with Crippen molar-refractivity contribution in [2.45, 2.75) is 6.61 Å². The van der Waals surface area contributed by atoms with Crippen molar-refractivity contribution in [3.8, 4) is 0 Å². The van der Waals surface area contributed by atoms with E-state index in [-0.39, 0.29) is 0 Å². The highest BCUT2D eigenvalue weighted by Gasteiger charge is 2.03. The Morgan fingerprint density at radius 2 is 2.31 bits per heavy atom. The van der Waals surface area contributed by atoms with Crippen LogP contribution in [0.1, 0.15) is 4.88 Å². The maximum Gasteiger partial charge on any atom is 0.102 e. The maximum absolute atomic E-state index is 5.02. The Balaban J connectivity index is 2.55. The first-order valence-electron chi connectivity index (χ1n) is 3.80. The molecule has 1 heterocycles. The van der Waals surface area contributed by atoms with Gasteiger partial charge >= 0.3 is 0 Å². The van der Waals surface area contributed by atoms with E-state index in [9.17, 15) is 0 Å². The number of thiophene rings is 1. The van der Waals surface area contributed by atoms with Gasteiger partial charge in [-0.25, -0.2) is 5.90 Å². The summed E-state index contributed by atoms with van der Waals surface area (Å²) in [5.41, 5.74) is 0. The SMILES string of the molecule is NOCc1cc2c(Br)cccc2s1. The quantitative estimate of drug-likeness (QED) is 0.840. The average molecular weight is 258 g/mol. The van der Waals surface area contributed by atoms with Gasteiger partial charge in [0.25, 0.3) is 0 Å². The fraction of sp³-hybridized carbons (Fsp3) is 0.111. The number of halogens is 1. The minimum absolute atomic E-state index is 0.478. The Labute approximate surface area is 88.4 Å². The molecule has 1 aromatic carbocycles. The number of fused-ring (bicyclic) bond motifs is 1. The third-order valence-electron chi connectivity index (χ3n) is 1.78. The van der Waals surface area contributed by atoms with Gasteiger partial charge < -0.3 is 0 Å². The zero-order valence-electron chi connectivity index (χ0n) is 6.79. The van der Waals surface area contributed by atoms with Crippen LogP contribution in [0.4, 0.5) is 0 Å². The first kappa shape index (κ1) is 9.15. The molecule has 0 aliphatic carbocycles. The van der Waals surface area contributed by atoms with Gasteiger partial charge in [-0.1, -0.05) is 22.0 Å². The van der Waals surface area contributed by atoms with Crippen molar-refractivity contribution in [3.63, 3.8) is 0 Å². The first-order chi connectivity index (χ1) is 6.31. The molecule has 0 bridgehead atoms. The van der Waals surface area contributed by atoms with E-state index in [0.717, 1.165) is 9.35 Å². The Bertz CT molecular complexity index is 426. The molecule has 0 atom stereocenters. The zero-order valence-corrected chi connectivity index (χ0v) is 9.19. The Hall–Kier alpha value is -0.420. The van der Waals surface area contributed by atoms with E-state index in [0.29, 0.717) is 6.61 Å². The molecule has 0 unspecified atom stereocenters. The van der Waals surface area contributed by atoms with Crippen molar-refractivity contribution < 1.29 is 4.84 Å². The monoisotopic (exact) mass is 257 g/mol. The zero-order chi connectivity index (χ0) is 9.26. The van der Waals surface area contributed by atoms with E-state index in [4.69, 9.17) is 5.90 Å². The van der Waals surface area contributed by atoms with Gasteiger partial charge in [-0.3, -0.25) is 4.84 Å². The normalized spacial score (nSPS) is 10.9. The molecule has 4 heteroatoms. The van der Waals surface area contributed by atoms with Crippen LogP contribution in [0.25, 0.3) is 10.1 Å². The third-order valence-corrected chi connectivity index (χ3v) is 3.55. The molecule has 2 nitrogen and oxygen atoms in total. The summed E-state index contributed by atoms with van der Waals surface area (Å²) in [5, 5.41) is 1.22. The molecule has 0 spiro atoms. The Kier molecular flexibility index (Phi) is 2.64. The van der Waals surface area contributed by atoms with Crippen LogP contribution >= 0.6 is 27.3 Å². The molecule has 0 saturated carbocycles. The van der Waals surface area contributed by atoms with Crippen LogP contribution in [-0.2, 0) is 11.4 Å². The summed E-state index contributed by atoms with van der Waals surface area (Å²) >= 11 is 5.20. The van der Waals surface area contributed by atoms with Crippen molar-refractivity contribution in [1.29, 1.82) is 0 Å². The lowest BCUT2D eigenvalue weighted by Gasteiger charge is -1.90. The molecule has 2 aromatic rings. The van der Waals surface area contributed by atoms with Crippen molar-refractivity contribution in [3.05, 3.63) is 33.6 Å². The average Bonchev–Trinajstić information content (AvgIpc) is 2.49. The molecule has 2 N–H and O–H groups in total. The van der Waals surface area contributed by atoms with Gasteiger partial charge in [-0.2, -0.15) is 0 Å². The van der Waals surface area contributed by atoms with Gasteiger partial charge in [0.15, 0.2) is 0 Å². The standard InChI is InChI=1S/C9H8BrNOS/c10-8-2-1-3-9-7(8)4-6(13-9)5-12-11/h1-4H,5,11H2. The number of hydrogen-bond acceptors (Lipinski definition) is 3. The molecular weight excluding hydrogens is 250 g/mol. The molecule has 2 rings (SSSR count). The Morgan fingerprint density at radius 1 is 1.46 bits per heavy atom. The fourth-order valence-electron chi connectivity index (χ4n) is 1.23. The lowest BCUT2D eigenvalue weighted by molar-refractivity contribution is 0.126. The summed E-state index contributed by atoms with van der Waals surface area (Å²) in [6.45, 7) is 0.478. The second-order valence-electron chi connectivity index (χ2n) is 2.68. The topological polar surface area (TPSA) is 35.2 Å². The van der Waals surface area contributed by atoms with Crippen LogP contribution in [0.15, 0.2) is 28.7 Å². The predicted octanol–water partition coefficient (Wildman–Crippen LogP) is 3.05. The lowest BCUT2D eigenvalue weighted by Crippen LogP contribution is -1.96. The van der Waals surface area contributed by atoms with E-state index in [1.807, 2.05) is 12.1 Å². The molecule has 68 valence electrons. The summed E-state index contributed by atoms with van der Waals surface area (Å²) in [6.07, 6.45) is 0. The maximum atomic E-state index is 5.02. The summed E-state index contributed by atoms with van der Waals surface area (Å²) in [4.78, 5) is 5.74. The van der Waals surface area contributed by atoms with Crippen molar-refractivity contribution in [2.75, 3.05) is 0 Å². The van der Waals surface area contributed by atoms with Gasteiger partial charge in [-0.05, 0) is 18.2 Å². The van der Waals surface area contributed by atoms with Gasteiger partial charge in [-0.15, -0.1) is 11.3 Å². The molecule has 0 radical (unpaired) electrons. The van der Waals surface area contributed by atoms with Crippen LogP contribution in [0.3, 0.4) is 0 Å². The number of rotatable bonds is 2. The van der Waals surface area contributed by atoms with Crippen molar-refractivity contribution in [1.82, 2.24) is 0 Å². The summed E-state index contributed by atoms with van der Waals surface area (Å²) in [6, 6.07) is 8.24. The largest absolute Gasteiger partial charge is 0.299 e. The highest BCUT2D eigenvalue weighted by atomic mass is 79.9. The number of hydrogen-bond donors (Lipinski definition) is 1. The second-order valence-corrected chi connectivity index (χ2v) is 4.70. The van der Waals surface area contributed by atoms with E-state index >= 15 is 0 Å². The minimum atomic E-state index is 0.478. The van der Waals surface area contributed by atoms with E-state index in [1.54, 1.807) is 11.3 Å². The highest BCUT2D eigenvalue weighted by Crippen LogP contribution is 2.31. The van der Waals surface area contributed by atoms with Crippen LogP contribution < -0.4 is 5.90 Å². The number of benzene rings is 1. The van der Waals surface area contributed by atoms with Gasteiger partial charge in [0, 0.05) is 19.4 Å². The minimum Gasteiger partial charge on any atom is -0.299 e. The van der Waals surface area contributed by atoms with Crippen LogP contribution in [0, 0.1) is 0 Å². The smallest absolute Gasteiger partial charge is 0.102 e. The Morgan fingerprint density at radius 3 is 3.00 bits per heavy atom. The predicted molar refractivity (Wildman–Crippen MR) is 58.5 cm³/mol. The van der Waals surface area contributed by atoms with Gasteiger partial charge in [0.2, 0.25) is 0 Å². The molecule has 0 saturated heterocycles. The molecule has 0 amide bonds. The van der Waals surface area contributed by atoms with Crippen LogP contribution in [0.5, 0.6) is 0 Å². The molecule has 0 aliphatic heterocycles. The van der Waals surface area contributed by atoms with E-state index in [2.05, 4.69) is 32.9 Å². The summed E-state index contributed by atoms with van der Waals surface area (Å²) in [7, 11) is 0. The molecular formula is C9H8BrNOS. The second kappa shape index (κ2) is 3.75. The third kappa shape index (κ3) is 1.76. The highest BCUT2D eigenvalue weighted by molar-refractivity contribution is 9.10. The number of nitrogens with two attached hydrogens (primary N) is 1. The van der Waals surface area contributed by atoms with Gasteiger partial charge in [0.05, 0.1) is 0 Å². The van der Waals surface area contributed by atoms with E-state index < -0.39 is 0 Å². The van der Waals surface area contributed by atoms with Crippen molar-refractivity contribution >= 4 is 37.4 Å². The first-order valence-corrected chi connectivity index (χ1v) is 5.41. The molecule has 0 fully saturated rings. The summed E-state index contributed by atoms with van der Waals surface area (Å²) in [5.74, 6) is 5.02.